The summed E-state index contributed by atoms with van der Waals surface area (Å²) >= 11 is 1.72. The second-order valence-electron chi connectivity index (χ2n) is 5.48. The van der Waals surface area contributed by atoms with Gasteiger partial charge in [0.1, 0.15) is 0 Å². The molecule has 0 aromatic heterocycles. The van der Waals surface area contributed by atoms with Crippen LogP contribution in [-0.4, -0.2) is 35.9 Å². The number of nitrogens with two attached hydrogens (primary N) is 1. The fourth-order valence-electron chi connectivity index (χ4n) is 2.01. The van der Waals surface area contributed by atoms with Gasteiger partial charge in [-0.15, -0.1) is 0 Å². The third-order valence-corrected chi connectivity index (χ3v) is 4.04. The predicted molar refractivity (Wildman–Crippen MR) is 88.0 cm³/mol. The van der Waals surface area contributed by atoms with E-state index in [1.807, 2.05) is 13.3 Å². The van der Waals surface area contributed by atoms with Crippen LogP contribution < -0.4 is 5.73 Å². The van der Waals surface area contributed by atoms with E-state index in [0.717, 1.165) is 17.7 Å². The Morgan fingerprint density at radius 2 is 1.90 bits per heavy atom. The van der Waals surface area contributed by atoms with Crippen LogP contribution >= 0.6 is 11.8 Å². The predicted octanol–water partition coefficient (Wildman–Crippen LogP) is 2.85. The molecule has 0 heterocycles. The quantitative estimate of drug-likeness (QED) is 0.841. The van der Waals surface area contributed by atoms with Gasteiger partial charge >= 0.3 is 0 Å². The molecular weight excluding hydrogens is 268 g/mol. The zero-order valence-corrected chi connectivity index (χ0v) is 13.7. The summed E-state index contributed by atoms with van der Waals surface area (Å²) in [6, 6.07) is 8.05. The highest BCUT2D eigenvalue weighted by Gasteiger charge is 2.17. The fraction of sp³-hybridized carbons (Fsp3) is 0.562. The molecule has 0 unspecified atom stereocenters. The second kappa shape index (κ2) is 8.32. The molecular formula is C16H26N2OS. The number of hydrogen-bond acceptors (Lipinski definition) is 3. The van der Waals surface area contributed by atoms with Crippen LogP contribution in [0.25, 0.3) is 0 Å². The smallest absolute Gasteiger partial charge is 0.239 e. The number of likely N-dealkylation sites (N-methyl/N-ethyl adjacent to an activating group) is 1. The standard InChI is InChI=1S/C16H26N2OS/c1-12(2)14-7-5-13(6-8-14)11-18(3)16(19)15(17)9-10-20-4/h5-8,12,15H,9-11,17H2,1-4H3/t15-/m0/s1. The normalized spacial score (nSPS) is 12.5. The molecule has 20 heavy (non-hydrogen) atoms. The van der Waals surface area contributed by atoms with Crippen LogP contribution in [0.15, 0.2) is 24.3 Å². The van der Waals surface area contributed by atoms with Crippen molar-refractivity contribution in [2.45, 2.75) is 38.8 Å². The van der Waals surface area contributed by atoms with E-state index in [9.17, 15) is 4.79 Å². The van der Waals surface area contributed by atoms with Gasteiger partial charge in [-0.1, -0.05) is 38.1 Å². The molecule has 0 aliphatic carbocycles. The maximum absolute atomic E-state index is 12.1. The Morgan fingerprint density at radius 1 is 1.30 bits per heavy atom. The van der Waals surface area contributed by atoms with E-state index in [4.69, 9.17) is 5.73 Å². The molecule has 1 amide bonds. The lowest BCUT2D eigenvalue weighted by molar-refractivity contribution is -0.131. The van der Waals surface area contributed by atoms with E-state index >= 15 is 0 Å². The summed E-state index contributed by atoms with van der Waals surface area (Å²) in [5.74, 6) is 1.47. The number of rotatable bonds is 7. The zero-order chi connectivity index (χ0) is 15.1. The summed E-state index contributed by atoms with van der Waals surface area (Å²) < 4.78 is 0. The van der Waals surface area contributed by atoms with Gasteiger partial charge in [-0.05, 0) is 35.5 Å². The van der Waals surface area contributed by atoms with Crippen molar-refractivity contribution in [3.63, 3.8) is 0 Å². The highest BCUT2D eigenvalue weighted by Crippen LogP contribution is 2.15. The Morgan fingerprint density at radius 3 is 2.40 bits per heavy atom. The molecule has 0 fully saturated rings. The number of carbonyl (C=O) groups is 1. The van der Waals surface area contributed by atoms with Crippen molar-refractivity contribution in [3.8, 4) is 0 Å². The highest BCUT2D eigenvalue weighted by molar-refractivity contribution is 7.98. The Hall–Kier alpha value is -1.00. The summed E-state index contributed by atoms with van der Waals surface area (Å²) in [6.07, 6.45) is 2.76. The number of benzene rings is 1. The van der Waals surface area contributed by atoms with Crippen LogP contribution in [-0.2, 0) is 11.3 Å². The zero-order valence-electron chi connectivity index (χ0n) is 12.9. The van der Waals surface area contributed by atoms with Crippen molar-refractivity contribution in [2.24, 2.45) is 5.73 Å². The van der Waals surface area contributed by atoms with Gasteiger partial charge in [-0.3, -0.25) is 4.79 Å². The Kier molecular flexibility index (Phi) is 7.10. The van der Waals surface area contributed by atoms with Crippen LogP contribution in [0.2, 0.25) is 0 Å². The molecule has 0 radical (unpaired) electrons. The van der Waals surface area contributed by atoms with Crippen LogP contribution in [0.4, 0.5) is 0 Å². The molecule has 0 saturated carbocycles. The van der Waals surface area contributed by atoms with Crippen molar-refractivity contribution >= 4 is 17.7 Å². The average molecular weight is 294 g/mol. The summed E-state index contributed by atoms with van der Waals surface area (Å²) in [4.78, 5) is 13.8. The van der Waals surface area contributed by atoms with Crippen molar-refractivity contribution < 1.29 is 4.79 Å². The summed E-state index contributed by atoms with van der Waals surface area (Å²) in [7, 11) is 1.82. The number of carbonyl (C=O) groups excluding carboxylic acids is 1. The molecule has 1 atom stereocenters. The van der Waals surface area contributed by atoms with Gasteiger partial charge in [0.05, 0.1) is 6.04 Å². The van der Waals surface area contributed by atoms with E-state index in [1.54, 1.807) is 16.7 Å². The molecule has 4 heteroatoms. The maximum atomic E-state index is 12.1. The molecule has 3 nitrogen and oxygen atoms in total. The summed E-state index contributed by atoms with van der Waals surface area (Å²) in [6.45, 7) is 4.97. The van der Waals surface area contributed by atoms with Crippen molar-refractivity contribution in [3.05, 3.63) is 35.4 Å². The monoisotopic (exact) mass is 294 g/mol. The van der Waals surface area contributed by atoms with Crippen LogP contribution in [0.1, 0.15) is 37.3 Å². The second-order valence-corrected chi connectivity index (χ2v) is 6.46. The minimum absolute atomic E-state index is 0.0204. The van der Waals surface area contributed by atoms with Gasteiger partial charge in [-0.25, -0.2) is 0 Å². The van der Waals surface area contributed by atoms with Crippen molar-refractivity contribution in [1.82, 2.24) is 4.90 Å². The van der Waals surface area contributed by atoms with E-state index < -0.39 is 0 Å². The molecule has 2 N–H and O–H groups in total. The summed E-state index contributed by atoms with van der Waals surface area (Å²) in [5.41, 5.74) is 8.38. The first-order valence-electron chi connectivity index (χ1n) is 7.04. The molecule has 0 aliphatic heterocycles. The molecule has 0 spiro atoms. The minimum Gasteiger partial charge on any atom is -0.340 e. The lowest BCUT2D eigenvalue weighted by atomic mass is 10.0. The van der Waals surface area contributed by atoms with Gasteiger partial charge in [-0.2, -0.15) is 11.8 Å². The number of nitrogens with zero attached hydrogens (tertiary/aromatic N) is 1. The van der Waals surface area contributed by atoms with E-state index in [-0.39, 0.29) is 11.9 Å². The van der Waals surface area contributed by atoms with E-state index in [0.29, 0.717) is 12.5 Å². The van der Waals surface area contributed by atoms with Gasteiger partial charge in [0.15, 0.2) is 0 Å². The van der Waals surface area contributed by atoms with Gasteiger partial charge in [0.2, 0.25) is 5.91 Å². The van der Waals surface area contributed by atoms with Crippen molar-refractivity contribution in [2.75, 3.05) is 19.1 Å². The number of hydrogen-bond donors (Lipinski definition) is 1. The first kappa shape index (κ1) is 17.1. The molecule has 0 saturated heterocycles. The maximum Gasteiger partial charge on any atom is 0.239 e. The number of thioether (sulfide) groups is 1. The Bertz CT molecular complexity index is 417. The molecule has 0 aliphatic rings. The largest absolute Gasteiger partial charge is 0.340 e. The lowest BCUT2D eigenvalue weighted by Gasteiger charge is -2.21. The molecule has 1 aromatic rings. The van der Waals surface area contributed by atoms with E-state index in [2.05, 4.69) is 38.1 Å². The Balaban J connectivity index is 2.56. The first-order valence-corrected chi connectivity index (χ1v) is 8.43. The summed E-state index contributed by atoms with van der Waals surface area (Å²) in [5, 5.41) is 0. The van der Waals surface area contributed by atoms with Crippen LogP contribution in [0.3, 0.4) is 0 Å². The lowest BCUT2D eigenvalue weighted by Crippen LogP contribution is -2.41. The average Bonchev–Trinajstić information content (AvgIpc) is 2.44. The van der Waals surface area contributed by atoms with Gasteiger partial charge in [0.25, 0.3) is 0 Å². The number of amides is 1. The SMILES string of the molecule is CSCC[C@H](N)C(=O)N(C)Cc1ccc(C(C)C)cc1. The molecule has 1 rings (SSSR count). The third kappa shape index (κ3) is 5.17. The third-order valence-electron chi connectivity index (χ3n) is 3.39. The molecule has 1 aromatic carbocycles. The van der Waals surface area contributed by atoms with Gasteiger partial charge < -0.3 is 10.6 Å². The minimum atomic E-state index is -0.387. The van der Waals surface area contributed by atoms with Crippen molar-refractivity contribution in [1.29, 1.82) is 0 Å². The fourth-order valence-corrected chi connectivity index (χ4v) is 2.50. The topological polar surface area (TPSA) is 46.3 Å². The molecule has 112 valence electrons. The van der Waals surface area contributed by atoms with Crippen LogP contribution in [0.5, 0.6) is 0 Å². The van der Waals surface area contributed by atoms with Gasteiger partial charge in [0, 0.05) is 13.6 Å². The van der Waals surface area contributed by atoms with Crippen LogP contribution in [0, 0.1) is 0 Å². The first-order chi connectivity index (χ1) is 9.45. The van der Waals surface area contributed by atoms with E-state index in [1.165, 1.54) is 5.56 Å². The Labute approximate surface area is 126 Å². The highest BCUT2D eigenvalue weighted by atomic mass is 32.2. The molecule has 0 bridgehead atoms.